The van der Waals surface area contributed by atoms with Crippen LogP contribution in [0.4, 0.5) is 14.5 Å². The summed E-state index contributed by atoms with van der Waals surface area (Å²) >= 11 is 0. The summed E-state index contributed by atoms with van der Waals surface area (Å²) in [5, 5.41) is 12.0. The Morgan fingerprint density at radius 3 is 2.70 bits per heavy atom. The van der Waals surface area contributed by atoms with Gasteiger partial charge < -0.3 is 15.4 Å². The number of aryl methyl sites for hydroxylation is 1. The highest BCUT2D eigenvalue weighted by atomic mass is 19.3. The zero-order valence-electron chi connectivity index (χ0n) is 24.3. The third kappa shape index (κ3) is 6.28. The number of alkyl halides is 2. The molecule has 2 atom stereocenters. The summed E-state index contributed by atoms with van der Waals surface area (Å²) in [7, 11) is 0. The standard InChI is InChI=1S/C31H37F2N7O3/c1-19-28-21(4-2-6-25(28)40(36-19)26-11-12-27(41)35-31(26)42)5-3-15-43-23-13-14-38(17-23)16-20-7-9-22(10-8-20)39-18-24(34)29(37-39)30(32)33/h2,4,6,18,20,22-23,26,30H,7-17,34H2,1H3,(H,35,41,42)/t20?,22?,23-,26?/m1/s1. The van der Waals surface area contributed by atoms with Crippen molar-refractivity contribution in [2.45, 2.75) is 76.5 Å². The molecule has 0 spiro atoms. The number of hydrogen-bond acceptors (Lipinski definition) is 7. The number of ether oxygens (including phenoxy) is 1. The number of imide groups is 1. The smallest absolute Gasteiger partial charge is 0.284 e. The van der Waals surface area contributed by atoms with E-state index in [2.05, 4.69) is 32.3 Å². The molecule has 0 bridgehead atoms. The fraction of sp³-hybridized carbons (Fsp3) is 0.548. The van der Waals surface area contributed by atoms with Crippen LogP contribution in [0.5, 0.6) is 0 Å². The lowest BCUT2D eigenvalue weighted by atomic mass is 9.86. The number of nitrogens with zero attached hydrogens (tertiary/aromatic N) is 5. The second-order valence-corrected chi connectivity index (χ2v) is 11.9. The predicted octanol–water partition coefficient (Wildman–Crippen LogP) is 3.91. The molecule has 12 heteroatoms. The van der Waals surface area contributed by atoms with Crippen LogP contribution in [-0.4, -0.2) is 68.6 Å². The van der Waals surface area contributed by atoms with Gasteiger partial charge in [0.1, 0.15) is 12.6 Å². The minimum absolute atomic E-state index is 0.0676. The van der Waals surface area contributed by atoms with E-state index in [4.69, 9.17) is 10.5 Å². The molecular weight excluding hydrogens is 556 g/mol. The maximum atomic E-state index is 13.1. The number of fused-ring (bicyclic) bond motifs is 1. The highest BCUT2D eigenvalue weighted by Crippen LogP contribution is 2.35. The van der Waals surface area contributed by atoms with Gasteiger partial charge in [-0.05, 0) is 63.5 Å². The van der Waals surface area contributed by atoms with Crippen molar-refractivity contribution in [2.75, 3.05) is 32.0 Å². The topological polar surface area (TPSA) is 120 Å². The first-order valence-electron chi connectivity index (χ1n) is 15.0. The number of nitrogen functional groups attached to an aromatic ring is 1. The first-order valence-corrected chi connectivity index (χ1v) is 15.0. The molecule has 3 fully saturated rings. The number of nitrogens with one attached hydrogen (secondary N) is 1. The molecule has 0 radical (unpaired) electrons. The monoisotopic (exact) mass is 593 g/mol. The van der Waals surface area contributed by atoms with Crippen LogP contribution in [0.3, 0.4) is 0 Å². The van der Waals surface area contributed by atoms with E-state index in [0.29, 0.717) is 25.4 Å². The number of hydrogen-bond donors (Lipinski definition) is 2. The molecule has 3 aliphatic rings. The minimum atomic E-state index is -2.65. The highest BCUT2D eigenvalue weighted by Gasteiger charge is 2.31. The van der Waals surface area contributed by atoms with Crippen LogP contribution in [0.25, 0.3) is 10.9 Å². The van der Waals surface area contributed by atoms with Gasteiger partial charge in [-0.1, -0.05) is 17.9 Å². The van der Waals surface area contributed by atoms with Gasteiger partial charge in [0.15, 0.2) is 5.69 Å². The van der Waals surface area contributed by atoms with Crippen molar-refractivity contribution in [3.63, 3.8) is 0 Å². The van der Waals surface area contributed by atoms with Gasteiger partial charge in [0.25, 0.3) is 12.3 Å². The Balaban J connectivity index is 0.985. The number of amides is 2. The first-order chi connectivity index (χ1) is 20.8. The van der Waals surface area contributed by atoms with Gasteiger partial charge in [0.05, 0.1) is 29.0 Å². The fourth-order valence-corrected chi connectivity index (χ4v) is 6.76. The number of carbonyl (C=O) groups excluding carboxylic acids is 2. The number of anilines is 1. The number of halogens is 2. The lowest BCUT2D eigenvalue weighted by Gasteiger charge is -2.31. The maximum Gasteiger partial charge on any atom is 0.284 e. The summed E-state index contributed by atoms with van der Waals surface area (Å²) in [4.78, 5) is 26.5. The van der Waals surface area contributed by atoms with Crippen molar-refractivity contribution in [2.24, 2.45) is 5.92 Å². The summed E-state index contributed by atoms with van der Waals surface area (Å²) in [6.07, 6.45) is 4.62. The van der Waals surface area contributed by atoms with Crippen molar-refractivity contribution < 1.29 is 23.1 Å². The zero-order valence-corrected chi connectivity index (χ0v) is 24.3. The quantitative estimate of drug-likeness (QED) is 0.315. The molecule has 1 saturated carbocycles. The summed E-state index contributed by atoms with van der Waals surface area (Å²) in [5.41, 5.74) is 7.92. The van der Waals surface area contributed by atoms with E-state index in [9.17, 15) is 18.4 Å². The maximum absolute atomic E-state index is 13.1. The molecule has 1 unspecified atom stereocenters. The van der Waals surface area contributed by atoms with Crippen molar-refractivity contribution in [3.05, 3.63) is 41.3 Å². The van der Waals surface area contributed by atoms with Gasteiger partial charge in [0, 0.05) is 43.2 Å². The molecule has 2 aliphatic heterocycles. The molecule has 2 saturated heterocycles. The Bertz CT molecular complexity index is 1560. The summed E-state index contributed by atoms with van der Waals surface area (Å²) in [6, 6.07) is 5.39. The number of carbonyl (C=O) groups is 2. The van der Waals surface area contributed by atoms with E-state index >= 15 is 0 Å². The number of aromatic nitrogens is 4. The molecule has 43 heavy (non-hydrogen) atoms. The molecule has 10 nitrogen and oxygen atoms in total. The normalized spacial score (nSPS) is 24.8. The Labute approximate surface area is 248 Å². The third-order valence-corrected chi connectivity index (χ3v) is 8.96. The SMILES string of the molecule is Cc1nn(C2CCC(=O)NC2=O)c2cccc(C#CCO[C@@H]3CCN(CC4CCC(n5cc(N)c(C(F)F)n5)CC4)C3)c12. The Hall–Kier alpha value is -3.82. The molecule has 2 aromatic heterocycles. The Kier molecular flexibility index (Phi) is 8.45. The average molecular weight is 594 g/mol. The van der Waals surface area contributed by atoms with Crippen molar-refractivity contribution >= 4 is 28.4 Å². The van der Waals surface area contributed by atoms with E-state index in [1.165, 1.54) is 0 Å². The summed E-state index contributed by atoms with van der Waals surface area (Å²) in [5.74, 6) is 6.40. The number of rotatable bonds is 7. The largest absolute Gasteiger partial charge is 0.396 e. The fourth-order valence-electron chi connectivity index (χ4n) is 6.76. The molecule has 3 N–H and O–H groups in total. The summed E-state index contributed by atoms with van der Waals surface area (Å²) < 4.78 is 35.6. The van der Waals surface area contributed by atoms with Gasteiger partial charge in [-0.3, -0.25) is 24.3 Å². The lowest BCUT2D eigenvalue weighted by Crippen LogP contribution is -2.42. The molecule has 3 aromatic rings. The van der Waals surface area contributed by atoms with Crippen molar-refractivity contribution in [1.82, 2.24) is 29.8 Å². The zero-order chi connectivity index (χ0) is 30.1. The van der Waals surface area contributed by atoms with Crippen LogP contribution in [0.15, 0.2) is 24.4 Å². The van der Waals surface area contributed by atoms with E-state index in [1.54, 1.807) is 15.6 Å². The van der Waals surface area contributed by atoms with Crippen molar-refractivity contribution in [1.29, 1.82) is 0 Å². The first kappa shape index (κ1) is 29.3. The van der Waals surface area contributed by atoms with Gasteiger partial charge >= 0.3 is 0 Å². The molecular formula is C31H37F2N7O3. The van der Waals surface area contributed by atoms with E-state index in [0.717, 1.165) is 73.9 Å². The van der Waals surface area contributed by atoms with E-state index in [-0.39, 0.29) is 35.3 Å². The molecule has 228 valence electrons. The Morgan fingerprint density at radius 1 is 1.14 bits per heavy atom. The van der Waals surface area contributed by atoms with E-state index in [1.807, 2.05) is 25.1 Å². The van der Waals surface area contributed by atoms with Crippen LogP contribution in [0.1, 0.15) is 80.4 Å². The van der Waals surface area contributed by atoms with E-state index < -0.39 is 12.5 Å². The highest BCUT2D eigenvalue weighted by molar-refractivity contribution is 6.00. The van der Waals surface area contributed by atoms with Gasteiger partial charge in [-0.15, -0.1) is 0 Å². The number of likely N-dealkylation sites (tertiary alicyclic amines) is 1. The second kappa shape index (κ2) is 12.4. The van der Waals surface area contributed by atoms with Gasteiger partial charge in [-0.25, -0.2) is 8.78 Å². The van der Waals surface area contributed by atoms with Gasteiger partial charge in [0.2, 0.25) is 5.91 Å². The van der Waals surface area contributed by atoms with Crippen LogP contribution in [-0.2, 0) is 14.3 Å². The molecule has 1 aliphatic carbocycles. The number of benzene rings is 1. The number of piperidine rings is 1. The second-order valence-electron chi connectivity index (χ2n) is 11.9. The third-order valence-electron chi connectivity index (χ3n) is 8.96. The average Bonchev–Trinajstić information content (AvgIpc) is 3.69. The molecule has 2 amide bonds. The molecule has 1 aromatic carbocycles. The molecule has 4 heterocycles. The van der Waals surface area contributed by atoms with Crippen molar-refractivity contribution in [3.8, 4) is 11.8 Å². The summed E-state index contributed by atoms with van der Waals surface area (Å²) in [6.45, 7) is 5.11. The minimum Gasteiger partial charge on any atom is -0.396 e. The predicted molar refractivity (Wildman–Crippen MR) is 156 cm³/mol. The Morgan fingerprint density at radius 2 is 1.95 bits per heavy atom. The molecule has 6 rings (SSSR count). The van der Waals surface area contributed by atoms with Crippen LogP contribution in [0, 0.1) is 24.7 Å². The van der Waals surface area contributed by atoms with Gasteiger partial charge in [-0.2, -0.15) is 10.2 Å². The van der Waals surface area contributed by atoms with Crippen LogP contribution in [0.2, 0.25) is 0 Å². The lowest BCUT2D eigenvalue weighted by molar-refractivity contribution is -0.135. The number of nitrogens with two attached hydrogens (primary N) is 1. The van der Waals surface area contributed by atoms with Crippen LogP contribution >= 0.6 is 0 Å². The van der Waals surface area contributed by atoms with Crippen LogP contribution < -0.4 is 11.1 Å².